The second-order valence-electron chi connectivity index (χ2n) is 8.17. The van der Waals surface area contributed by atoms with Crippen molar-refractivity contribution >= 4 is 23.1 Å². The molecule has 9 nitrogen and oxygen atoms in total. The van der Waals surface area contributed by atoms with Crippen molar-refractivity contribution in [2.24, 2.45) is 0 Å². The Hall–Kier alpha value is -4.66. The van der Waals surface area contributed by atoms with Crippen LogP contribution in [0.1, 0.15) is 22.7 Å². The number of non-ortho nitro benzene ring substituents is 1. The molecular formula is C27H24N2O7. The molecule has 1 N–H and O–H groups in total. The maximum Gasteiger partial charge on any atom is 0.295 e. The molecule has 1 saturated heterocycles. The normalized spacial score (nSPS) is 16.7. The van der Waals surface area contributed by atoms with Crippen LogP contribution in [-0.2, 0) is 16.0 Å². The zero-order chi connectivity index (χ0) is 25.8. The number of nitro groups is 1. The summed E-state index contributed by atoms with van der Waals surface area (Å²) in [5, 5.41) is 22.4. The molecular weight excluding hydrogens is 464 g/mol. The van der Waals surface area contributed by atoms with Gasteiger partial charge in [0.15, 0.2) is 0 Å². The molecule has 3 aromatic carbocycles. The van der Waals surface area contributed by atoms with Gasteiger partial charge in [-0.05, 0) is 41.8 Å². The van der Waals surface area contributed by atoms with Crippen LogP contribution >= 0.6 is 0 Å². The summed E-state index contributed by atoms with van der Waals surface area (Å²) in [6.45, 7) is 0.208. The highest BCUT2D eigenvalue weighted by Gasteiger charge is 2.45. The highest BCUT2D eigenvalue weighted by atomic mass is 16.6. The number of aliphatic hydroxyl groups is 1. The van der Waals surface area contributed by atoms with E-state index in [9.17, 15) is 24.8 Å². The summed E-state index contributed by atoms with van der Waals surface area (Å²) in [7, 11) is 3.10. The number of likely N-dealkylation sites (tertiary alicyclic amines) is 1. The van der Waals surface area contributed by atoms with Crippen molar-refractivity contribution in [1.82, 2.24) is 4.90 Å². The van der Waals surface area contributed by atoms with Gasteiger partial charge in [-0.15, -0.1) is 0 Å². The molecule has 0 aromatic heterocycles. The fourth-order valence-corrected chi connectivity index (χ4v) is 4.21. The number of Topliss-reactive ketones (excluding diaryl/α,β-unsaturated/α-hetero) is 1. The minimum Gasteiger partial charge on any atom is -0.507 e. The van der Waals surface area contributed by atoms with Gasteiger partial charge in [-0.3, -0.25) is 19.7 Å². The number of ketones is 1. The van der Waals surface area contributed by atoms with Crippen molar-refractivity contribution in [3.63, 3.8) is 0 Å². The summed E-state index contributed by atoms with van der Waals surface area (Å²) in [5.74, 6) is -0.780. The van der Waals surface area contributed by atoms with Crippen LogP contribution in [0.2, 0.25) is 0 Å². The zero-order valence-electron chi connectivity index (χ0n) is 19.7. The molecule has 1 amide bonds. The molecule has 3 aromatic rings. The quantitative estimate of drug-likeness (QED) is 0.165. The number of hydrogen-bond donors (Lipinski definition) is 1. The number of methoxy groups -OCH3 is 2. The molecule has 1 fully saturated rings. The van der Waals surface area contributed by atoms with Gasteiger partial charge in [0.1, 0.15) is 17.3 Å². The van der Waals surface area contributed by atoms with Gasteiger partial charge in [0, 0.05) is 24.2 Å². The number of nitrogens with zero attached hydrogens (tertiary/aromatic N) is 2. The van der Waals surface area contributed by atoms with Crippen LogP contribution in [0, 0.1) is 10.1 Å². The summed E-state index contributed by atoms with van der Waals surface area (Å²) in [5.41, 5.74) is 1.24. The van der Waals surface area contributed by atoms with Crippen LogP contribution in [0.5, 0.6) is 11.5 Å². The van der Waals surface area contributed by atoms with Gasteiger partial charge < -0.3 is 19.5 Å². The SMILES string of the molecule is COc1ccc(CCN2C(=O)C(=O)/C(=C(\O)c3cccc([N+](=O)[O-])c3)C2c2ccc(OC)cc2)cc1. The van der Waals surface area contributed by atoms with Gasteiger partial charge in [0.2, 0.25) is 0 Å². The van der Waals surface area contributed by atoms with Gasteiger partial charge in [-0.1, -0.05) is 36.4 Å². The number of amides is 1. The number of aliphatic hydroxyl groups excluding tert-OH is 1. The molecule has 1 unspecified atom stereocenters. The molecule has 0 aliphatic carbocycles. The molecule has 0 radical (unpaired) electrons. The Morgan fingerprint density at radius 1 is 0.972 bits per heavy atom. The first-order valence-electron chi connectivity index (χ1n) is 11.1. The number of rotatable bonds is 8. The van der Waals surface area contributed by atoms with Crippen LogP contribution in [0.25, 0.3) is 5.76 Å². The number of ether oxygens (including phenoxy) is 2. The van der Waals surface area contributed by atoms with Crippen molar-refractivity contribution in [3.8, 4) is 11.5 Å². The van der Waals surface area contributed by atoms with Crippen LogP contribution in [0.15, 0.2) is 78.4 Å². The number of nitro benzene ring substituents is 1. The van der Waals surface area contributed by atoms with Gasteiger partial charge in [-0.2, -0.15) is 0 Å². The van der Waals surface area contributed by atoms with Crippen molar-refractivity contribution < 1.29 is 29.1 Å². The number of carbonyl (C=O) groups excluding carboxylic acids is 2. The van der Waals surface area contributed by atoms with E-state index in [4.69, 9.17) is 9.47 Å². The first-order chi connectivity index (χ1) is 17.3. The van der Waals surface area contributed by atoms with Crippen LogP contribution in [0.4, 0.5) is 5.69 Å². The average Bonchev–Trinajstić information content (AvgIpc) is 3.16. The van der Waals surface area contributed by atoms with Gasteiger partial charge in [0.25, 0.3) is 17.4 Å². The van der Waals surface area contributed by atoms with Gasteiger partial charge in [-0.25, -0.2) is 0 Å². The summed E-state index contributed by atoms with van der Waals surface area (Å²) in [4.78, 5) is 38.4. The summed E-state index contributed by atoms with van der Waals surface area (Å²) >= 11 is 0. The minimum atomic E-state index is -0.881. The van der Waals surface area contributed by atoms with Crippen molar-refractivity contribution in [2.75, 3.05) is 20.8 Å². The fraction of sp³-hybridized carbons (Fsp3) is 0.185. The molecule has 0 bridgehead atoms. The molecule has 0 saturated carbocycles. The third-order valence-electron chi connectivity index (χ3n) is 6.10. The lowest BCUT2D eigenvalue weighted by molar-refractivity contribution is -0.384. The molecule has 1 heterocycles. The van der Waals surface area contributed by atoms with E-state index in [1.807, 2.05) is 24.3 Å². The van der Waals surface area contributed by atoms with Crippen molar-refractivity contribution in [1.29, 1.82) is 0 Å². The lowest BCUT2D eigenvalue weighted by Crippen LogP contribution is -2.31. The van der Waals surface area contributed by atoms with E-state index in [-0.39, 0.29) is 23.4 Å². The summed E-state index contributed by atoms with van der Waals surface area (Å²) in [6, 6.07) is 18.7. The predicted octanol–water partition coefficient (Wildman–Crippen LogP) is 4.28. The van der Waals surface area contributed by atoms with E-state index >= 15 is 0 Å². The Kier molecular flexibility index (Phi) is 7.00. The third kappa shape index (κ3) is 4.76. The van der Waals surface area contributed by atoms with E-state index in [2.05, 4.69) is 0 Å². The second-order valence-corrected chi connectivity index (χ2v) is 8.17. The van der Waals surface area contributed by atoms with E-state index < -0.39 is 28.4 Å². The monoisotopic (exact) mass is 488 g/mol. The largest absolute Gasteiger partial charge is 0.507 e. The molecule has 1 atom stereocenters. The Balaban J connectivity index is 1.76. The topological polar surface area (TPSA) is 119 Å². The lowest BCUT2D eigenvalue weighted by Gasteiger charge is -2.25. The Morgan fingerprint density at radius 3 is 2.17 bits per heavy atom. The molecule has 1 aliphatic rings. The van der Waals surface area contributed by atoms with E-state index in [0.29, 0.717) is 23.5 Å². The summed E-state index contributed by atoms with van der Waals surface area (Å²) < 4.78 is 10.4. The van der Waals surface area contributed by atoms with Crippen LogP contribution in [0.3, 0.4) is 0 Å². The number of benzene rings is 3. The van der Waals surface area contributed by atoms with Crippen LogP contribution < -0.4 is 9.47 Å². The first kappa shape index (κ1) is 24.5. The molecule has 9 heteroatoms. The predicted molar refractivity (Wildman–Crippen MR) is 132 cm³/mol. The molecule has 184 valence electrons. The van der Waals surface area contributed by atoms with Crippen molar-refractivity contribution in [2.45, 2.75) is 12.5 Å². The average molecular weight is 488 g/mol. The number of carbonyl (C=O) groups is 2. The molecule has 4 rings (SSSR count). The first-order valence-corrected chi connectivity index (χ1v) is 11.1. The van der Waals surface area contributed by atoms with E-state index in [0.717, 1.165) is 5.56 Å². The lowest BCUT2D eigenvalue weighted by atomic mass is 9.95. The van der Waals surface area contributed by atoms with E-state index in [1.54, 1.807) is 31.4 Å². The third-order valence-corrected chi connectivity index (χ3v) is 6.10. The Bertz CT molecular complexity index is 1330. The maximum absolute atomic E-state index is 13.2. The highest BCUT2D eigenvalue weighted by molar-refractivity contribution is 6.46. The van der Waals surface area contributed by atoms with Gasteiger partial charge in [0.05, 0.1) is 30.8 Å². The summed E-state index contributed by atoms with van der Waals surface area (Å²) in [6.07, 6.45) is 0.459. The van der Waals surface area contributed by atoms with E-state index in [1.165, 1.54) is 36.3 Å². The maximum atomic E-state index is 13.2. The highest BCUT2D eigenvalue weighted by Crippen LogP contribution is 2.40. The minimum absolute atomic E-state index is 0.0795. The standard InChI is InChI=1S/C27H24N2O7/c1-35-21-10-6-17(7-11-21)14-15-28-24(18-8-12-22(36-2)13-9-18)23(26(31)27(28)32)25(30)19-4-3-5-20(16-19)29(33)34/h3-13,16,24,30H,14-15H2,1-2H3/b25-23-. The van der Waals surface area contributed by atoms with Gasteiger partial charge >= 0.3 is 0 Å². The smallest absolute Gasteiger partial charge is 0.295 e. The Labute approximate surface area is 207 Å². The molecule has 36 heavy (non-hydrogen) atoms. The van der Waals surface area contributed by atoms with Crippen LogP contribution in [-0.4, -0.2) is 47.4 Å². The Morgan fingerprint density at radius 2 is 1.58 bits per heavy atom. The second kappa shape index (κ2) is 10.3. The number of hydrogen-bond acceptors (Lipinski definition) is 7. The molecule has 1 aliphatic heterocycles. The molecule has 0 spiro atoms. The zero-order valence-corrected chi connectivity index (χ0v) is 19.7. The fourth-order valence-electron chi connectivity index (χ4n) is 4.21. The van der Waals surface area contributed by atoms with Crippen molar-refractivity contribution in [3.05, 3.63) is 105 Å².